The molecular formula is C11H22N2O3S. The summed E-state index contributed by atoms with van der Waals surface area (Å²) in [5.74, 6) is 0.304. The summed E-state index contributed by atoms with van der Waals surface area (Å²) in [4.78, 5) is 11.8. The topological polar surface area (TPSA) is 89.3 Å². The van der Waals surface area contributed by atoms with Crippen molar-refractivity contribution < 1.29 is 13.2 Å². The molecule has 0 spiro atoms. The quantitative estimate of drug-likeness (QED) is 0.749. The standard InChI is InChI=1S/C11H22N2O3S/c1-3-8(2)10(12)11(14)13-9-4-6-17(15,16)7-5-9/h8-10H,3-7,12H2,1-2H3,(H,13,14). The summed E-state index contributed by atoms with van der Waals surface area (Å²) in [6.07, 6.45) is 1.86. The monoisotopic (exact) mass is 262 g/mol. The van der Waals surface area contributed by atoms with Gasteiger partial charge in [-0.15, -0.1) is 0 Å². The van der Waals surface area contributed by atoms with E-state index in [2.05, 4.69) is 5.32 Å². The molecule has 2 atom stereocenters. The lowest BCUT2D eigenvalue weighted by Crippen LogP contribution is -2.50. The molecule has 5 nitrogen and oxygen atoms in total. The second-order valence-electron chi connectivity index (χ2n) is 4.85. The molecule has 0 aromatic heterocycles. The molecule has 0 bridgehead atoms. The van der Waals surface area contributed by atoms with Crippen molar-refractivity contribution in [2.75, 3.05) is 11.5 Å². The summed E-state index contributed by atoms with van der Waals surface area (Å²) in [6, 6.07) is -0.542. The first-order valence-corrected chi connectivity index (χ1v) is 7.94. The Morgan fingerprint density at radius 2 is 1.94 bits per heavy atom. The fourth-order valence-electron chi connectivity index (χ4n) is 1.84. The molecule has 1 fully saturated rings. The Morgan fingerprint density at radius 3 is 2.41 bits per heavy atom. The zero-order valence-electron chi connectivity index (χ0n) is 10.5. The van der Waals surface area contributed by atoms with Crippen LogP contribution in [0.15, 0.2) is 0 Å². The van der Waals surface area contributed by atoms with Crippen LogP contribution in [-0.2, 0) is 14.6 Å². The number of sulfone groups is 1. The van der Waals surface area contributed by atoms with Gasteiger partial charge < -0.3 is 11.1 Å². The van der Waals surface area contributed by atoms with E-state index >= 15 is 0 Å². The Bertz CT molecular complexity index is 353. The molecule has 100 valence electrons. The van der Waals surface area contributed by atoms with Crippen LogP contribution in [0.2, 0.25) is 0 Å². The fourth-order valence-corrected chi connectivity index (χ4v) is 3.34. The summed E-state index contributed by atoms with van der Waals surface area (Å²) in [7, 11) is -2.88. The van der Waals surface area contributed by atoms with E-state index in [4.69, 9.17) is 5.73 Å². The maximum Gasteiger partial charge on any atom is 0.237 e. The number of hydrogen-bond donors (Lipinski definition) is 2. The summed E-state index contributed by atoms with van der Waals surface area (Å²) in [6.45, 7) is 3.93. The maximum atomic E-state index is 11.8. The first-order chi connectivity index (χ1) is 7.85. The molecule has 1 amide bonds. The van der Waals surface area contributed by atoms with Gasteiger partial charge in [-0.05, 0) is 18.8 Å². The number of amides is 1. The van der Waals surface area contributed by atoms with Crippen molar-refractivity contribution >= 4 is 15.7 Å². The Kier molecular flexibility index (Phi) is 4.94. The molecule has 3 N–H and O–H groups in total. The van der Waals surface area contributed by atoms with Crippen LogP contribution in [0.3, 0.4) is 0 Å². The van der Waals surface area contributed by atoms with Gasteiger partial charge in [0, 0.05) is 6.04 Å². The zero-order valence-corrected chi connectivity index (χ0v) is 11.3. The van der Waals surface area contributed by atoms with E-state index < -0.39 is 15.9 Å². The van der Waals surface area contributed by atoms with Crippen LogP contribution in [0, 0.1) is 5.92 Å². The van der Waals surface area contributed by atoms with Crippen molar-refractivity contribution in [3.05, 3.63) is 0 Å². The first kappa shape index (κ1) is 14.4. The molecule has 1 rings (SSSR count). The van der Waals surface area contributed by atoms with Gasteiger partial charge in [0.1, 0.15) is 9.84 Å². The molecule has 1 aliphatic rings. The van der Waals surface area contributed by atoms with Crippen LogP contribution in [0.25, 0.3) is 0 Å². The van der Waals surface area contributed by atoms with Crippen molar-refractivity contribution in [2.24, 2.45) is 11.7 Å². The highest BCUT2D eigenvalue weighted by molar-refractivity contribution is 7.91. The average molecular weight is 262 g/mol. The van der Waals surface area contributed by atoms with E-state index in [1.807, 2.05) is 13.8 Å². The largest absolute Gasteiger partial charge is 0.352 e. The summed E-state index contributed by atoms with van der Waals surface area (Å²) in [5, 5.41) is 2.84. The van der Waals surface area contributed by atoms with Crippen LogP contribution in [0.4, 0.5) is 0 Å². The second kappa shape index (κ2) is 5.82. The molecule has 17 heavy (non-hydrogen) atoms. The number of rotatable bonds is 4. The third-order valence-electron chi connectivity index (χ3n) is 3.46. The fraction of sp³-hybridized carbons (Fsp3) is 0.909. The highest BCUT2D eigenvalue weighted by Gasteiger charge is 2.27. The molecule has 0 aromatic carbocycles. The molecule has 1 saturated heterocycles. The van der Waals surface area contributed by atoms with Gasteiger partial charge in [-0.1, -0.05) is 20.3 Å². The predicted molar refractivity (Wildman–Crippen MR) is 67.2 cm³/mol. The van der Waals surface area contributed by atoms with E-state index in [1.54, 1.807) is 0 Å². The summed E-state index contributed by atoms with van der Waals surface area (Å²) in [5.41, 5.74) is 5.81. The maximum absolute atomic E-state index is 11.8. The van der Waals surface area contributed by atoms with E-state index in [0.29, 0.717) is 12.8 Å². The average Bonchev–Trinajstić information content (AvgIpc) is 2.29. The molecule has 0 aliphatic carbocycles. The molecule has 6 heteroatoms. The number of hydrogen-bond acceptors (Lipinski definition) is 4. The van der Waals surface area contributed by atoms with Crippen molar-refractivity contribution in [2.45, 2.75) is 45.2 Å². The lowest BCUT2D eigenvalue weighted by atomic mass is 9.99. The second-order valence-corrected chi connectivity index (χ2v) is 7.15. The third kappa shape index (κ3) is 4.27. The van der Waals surface area contributed by atoms with Crippen LogP contribution in [0.5, 0.6) is 0 Å². The van der Waals surface area contributed by atoms with Gasteiger partial charge in [-0.2, -0.15) is 0 Å². The Balaban J connectivity index is 2.43. The van der Waals surface area contributed by atoms with Gasteiger partial charge >= 0.3 is 0 Å². The molecule has 0 radical (unpaired) electrons. The van der Waals surface area contributed by atoms with Gasteiger partial charge in [0.25, 0.3) is 0 Å². The SMILES string of the molecule is CCC(C)C(N)C(=O)NC1CCS(=O)(=O)CC1. The van der Waals surface area contributed by atoms with Crippen molar-refractivity contribution in [3.8, 4) is 0 Å². The molecule has 1 aliphatic heterocycles. The minimum Gasteiger partial charge on any atom is -0.352 e. The smallest absolute Gasteiger partial charge is 0.237 e. The Hall–Kier alpha value is -0.620. The van der Waals surface area contributed by atoms with Gasteiger partial charge in [-0.3, -0.25) is 4.79 Å². The van der Waals surface area contributed by atoms with E-state index in [-0.39, 0.29) is 29.4 Å². The molecule has 0 aromatic rings. The lowest BCUT2D eigenvalue weighted by molar-refractivity contribution is -0.124. The summed E-state index contributed by atoms with van der Waals surface area (Å²) >= 11 is 0. The van der Waals surface area contributed by atoms with Crippen molar-refractivity contribution in [1.82, 2.24) is 5.32 Å². The van der Waals surface area contributed by atoms with E-state index in [9.17, 15) is 13.2 Å². The van der Waals surface area contributed by atoms with E-state index in [1.165, 1.54) is 0 Å². The Labute approximate surface area is 103 Å². The first-order valence-electron chi connectivity index (χ1n) is 6.12. The molecule has 2 unspecified atom stereocenters. The minimum atomic E-state index is -2.88. The van der Waals surface area contributed by atoms with Crippen molar-refractivity contribution in [1.29, 1.82) is 0 Å². The van der Waals surface area contributed by atoms with Crippen LogP contribution < -0.4 is 11.1 Å². The number of nitrogens with two attached hydrogens (primary N) is 1. The normalized spacial score (nSPS) is 23.9. The van der Waals surface area contributed by atoms with Crippen LogP contribution in [-0.4, -0.2) is 37.9 Å². The number of carbonyl (C=O) groups is 1. The highest BCUT2D eigenvalue weighted by Crippen LogP contribution is 2.13. The summed E-state index contributed by atoms with van der Waals surface area (Å²) < 4.78 is 22.5. The van der Waals surface area contributed by atoms with Crippen molar-refractivity contribution in [3.63, 3.8) is 0 Å². The Morgan fingerprint density at radius 1 is 1.41 bits per heavy atom. The molecule has 0 saturated carbocycles. The zero-order chi connectivity index (χ0) is 13.1. The van der Waals surface area contributed by atoms with Gasteiger partial charge in [-0.25, -0.2) is 8.42 Å². The minimum absolute atomic E-state index is 0.0406. The molecule has 1 heterocycles. The highest BCUT2D eigenvalue weighted by atomic mass is 32.2. The number of nitrogens with one attached hydrogen (secondary N) is 1. The van der Waals surface area contributed by atoms with Gasteiger partial charge in [0.05, 0.1) is 17.5 Å². The number of carbonyl (C=O) groups excluding carboxylic acids is 1. The van der Waals surface area contributed by atoms with Gasteiger partial charge in [0.2, 0.25) is 5.91 Å². The predicted octanol–water partition coefficient (Wildman–Crippen LogP) is 0.0532. The molecular weight excluding hydrogens is 240 g/mol. The van der Waals surface area contributed by atoms with E-state index in [0.717, 1.165) is 6.42 Å². The van der Waals surface area contributed by atoms with Gasteiger partial charge in [0.15, 0.2) is 0 Å². The van der Waals surface area contributed by atoms with Crippen LogP contribution >= 0.6 is 0 Å². The third-order valence-corrected chi connectivity index (χ3v) is 5.18. The lowest BCUT2D eigenvalue weighted by Gasteiger charge is -2.26. The van der Waals surface area contributed by atoms with Crippen LogP contribution in [0.1, 0.15) is 33.1 Å².